The van der Waals surface area contributed by atoms with Gasteiger partial charge in [-0.2, -0.15) is 0 Å². The maximum atomic E-state index is 12.1. The van der Waals surface area contributed by atoms with Crippen LogP contribution in [0.3, 0.4) is 0 Å². The van der Waals surface area contributed by atoms with Gasteiger partial charge in [0.2, 0.25) is 5.91 Å². The lowest BCUT2D eigenvalue weighted by atomic mass is 10.4. The first-order valence-electron chi connectivity index (χ1n) is 7.21. The van der Waals surface area contributed by atoms with Crippen molar-refractivity contribution in [3.63, 3.8) is 0 Å². The Bertz CT molecular complexity index is 463. The summed E-state index contributed by atoms with van der Waals surface area (Å²) in [5.41, 5.74) is 5.78. The number of aromatic nitrogens is 2. The van der Waals surface area contributed by atoms with Crippen LogP contribution in [-0.2, 0) is 16.1 Å². The van der Waals surface area contributed by atoms with E-state index in [1.54, 1.807) is 15.9 Å². The van der Waals surface area contributed by atoms with Crippen molar-refractivity contribution in [3.05, 3.63) is 11.9 Å². The van der Waals surface area contributed by atoms with Gasteiger partial charge >= 0.3 is 0 Å². The van der Waals surface area contributed by atoms with E-state index in [1.165, 1.54) is 0 Å². The zero-order chi connectivity index (χ0) is 15.8. The highest BCUT2D eigenvalue weighted by Gasteiger charge is 2.14. The molecule has 1 amide bonds. The highest BCUT2D eigenvalue weighted by molar-refractivity contribution is 5.81. The normalized spacial score (nSPS) is 10.5. The van der Waals surface area contributed by atoms with Crippen LogP contribution in [0.5, 0.6) is 0 Å². The fraction of sp³-hybridized carbons (Fsp3) is 0.643. The predicted octanol–water partition coefficient (Wildman–Crippen LogP) is 0.900. The molecule has 0 atom stereocenters. The van der Waals surface area contributed by atoms with Crippen LogP contribution >= 0.6 is 0 Å². The summed E-state index contributed by atoms with van der Waals surface area (Å²) < 4.78 is 5.29. The Morgan fingerprint density at radius 2 is 1.95 bits per heavy atom. The van der Waals surface area contributed by atoms with Crippen molar-refractivity contribution >= 4 is 17.5 Å². The number of hydrogen-bond donors (Lipinski definition) is 1. The van der Waals surface area contributed by atoms with Crippen molar-refractivity contribution in [2.75, 3.05) is 43.9 Å². The van der Waals surface area contributed by atoms with Gasteiger partial charge in [0.15, 0.2) is 5.82 Å². The van der Waals surface area contributed by atoms with E-state index >= 15 is 0 Å². The van der Waals surface area contributed by atoms with Crippen molar-refractivity contribution in [1.82, 2.24) is 14.9 Å². The van der Waals surface area contributed by atoms with E-state index in [2.05, 4.69) is 9.97 Å². The van der Waals surface area contributed by atoms with Gasteiger partial charge in [0.1, 0.15) is 18.2 Å². The predicted molar refractivity (Wildman–Crippen MR) is 83.0 cm³/mol. The summed E-state index contributed by atoms with van der Waals surface area (Å²) in [6.07, 6.45) is 0. The monoisotopic (exact) mass is 295 g/mol. The molecule has 2 N–H and O–H groups in total. The SMILES string of the molecule is CCOCc1nc(N)cc(N(C)CC(=O)N(CC)CC)n1. The first-order chi connectivity index (χ1) is 10.0. The van der Waals surface area contributed by atoms with Crippen LogP contribution < -0.4 is 10.6 Å². The van der Waals surface area contributed by atoms with Crippen LogP contribution in [0.15, 0.2) is 6.07 Å². The number of amides is 1. The number of carbonyl (C=O) groups is 1. The topological polar surface area (TPSA) is 84.6 Å². The van der Waals surface area contributed by atoms with Gasteiger partial charge in [-0.05, 0) is 20.8 Å². The molecule has 0 bridgehead atoms. The fourth-order valence-electron chi connectivity index (χ4n) is 1.92. The number of nitrogens with zero attached hydrogens (tertiary/aromatic N) is 4. The number of nitrogen functional groups attached to an aromatic ring is 1. The molecule has 1 heterocycles. The van der Waals surface area contributed by atoms with E-state index in [-0.39, 0.29) is 12.5 Å². The maximum absolute atomic E-state index is 12.1. The molecule has 0 fully saturated rings. The summed E-state index contributed by atoms with van der Waals surface area (Å²) in [4.78, 5) is 24.2. The number of rotatable bonds is 8. The van der Waals surface area contributed by atoms with E-state index in [4.69, 9.17) is 10.5 Å². The summed E-state index contributed by atoms with van der Waals surface area (Å²) in [6, 6.07) is 1.66. The molecule has 1 aromatic rings. The minimum Gasteiger partial charge on any atom is -0.384 e. The van der Waals surface area contributed by atoms with Crippen LogP contribution in [0, 0.1) is 0 Å². The molecular formula is C14H25N5O2. The third-order valence-electron chi connectivity index (χ3n) is 3.09. The van der Waals surface area contributed by atoms with Gasteiger partial charge in [0.25, 0.3) is 0 Å². The van der Waals surface area contributed by atoms with Crippen LogP contribution in [0.2, 0.25) is 0 Å². The van der Waals surface area contributed by atoms with E-state index in [9.17, 15) is 4.79 Å². The Labute approximate surface area is 126 Å². The Hall–Kier alpha value is -1.89. The minimum absolute atomic E-state index is 0.0611. The highest BCUT2D eigenvalue weighted by atomic mass is 16.5. The smallest absolute Gasteiger partial charge is 0.242 e. The Kier molecular flexibility index (Phi) is 6.87. The first-order valence-corrected chi connectivity index (χ1v) is 7.21. The van der Waals surface area contributed by atoms with Gasteiger partial charge in [-0.3, -0.25) is 4.79 Å². The average molecular weight is 295 g/mol. The van der Waals surface area contributed by atoms with Gasteiger partial charge in [-0.1, -0.05) is 0 Å². The Balaban J connectivity index is 2.79. The molecule has 1 aromatic heterocycles. The largest absolute Gasteiger partial charge is 0.384 e. The number of carbonyl (C=O) groups excluding carboxylic acids is 1. The number of anilines is 2. The second-order valence-electron chi connectivity index (χ2n) is 4.63. The van der Waals surface area contributed by atoms with Gasteiger partial charge in [0, 0.05) is 32.8 Å². The molecule has 0 saturated heterocycles. The van der Waals surface area contributed by atoms with E-state index in [1.807, 2.05) is 27.8 Å². The van der Waals surface area contributed by atoms with Crippen molar-refractivity contribution in [2.24, 2.45) is 0 Å². The zero-order valence-corrected chi connectivity index (χ0v) is 13.3. The van der Waals surface area contributed by atoms with Gasteiger partial charge in [0.05, 0.1) is 6.54 Å². The molecule has 21 heavy (non-hydrogen) atoms. The molecule has 0 aliphatic carbocycles. The molecule has 0 aromatic carbocycles. The lowest BCUT2D eigenvalue weighted by Gasteiger charge is -2.24. The standard InChI is InChI=1S/C14H25N5O2/c1-5-19(6-2)14(20)9-18(4)13-8-11(15)16-12(17-13)10-21-7-3/h8H,5-7,9-10H2,1-4H3,(H2,15,16,17). The summed E-state index contributed by atoms with van der Waals surface area (Å²) in [7, 11) is 1.81. The Morgan fingerprint density at radius 3 is 2.52 bits per heavy atom. The molecule has 7 nitrogen and oxygen atoms in total. The highest BCUT2D eigenvalue weighted by Crippen LogP contribution is 2.13. The van der Waals surface area contributed by atoms with Crippen LogP contribution in [0.25, 0.3) is 0 Å². The maximum Gasteiger partial charge on any atom is 0.242 e. The lowest BCUT2D eigenvalue weighted by Crippen LogP contribution is -2.39. The molecule has 0 aliphatic heterocycles. The second kappa shape index (κ2) is 8.41. The van der Waals surface area contributed by atoms with Crippen LogP contribution in [0.1, 0.15) is 26.6 Å². The fourth-order valence-corrected chi connectivity index (χ4v) is 1.92. The molecule has 0 radical (unpaired) electrons. The molecule has 118 valence electrons. The third-order valence-corrected chi connectivity index (χ3v) is 3.09. The van der Waals surface area contributed by atoms with Gasteiger partial charge in [-0.15, -0.1) is 0 Å². The molecule has 0 spiro atoms. The molecule has 0 aliphatic rings. The molecular weight excluding hydrogens is 270 g/mol. The van der Waals surface area contributed by atoms with E-state index in [0.29, 0.717) is 43.8 Å². The average Bonchev–Trinajstić information content (AvgIpc) is 2.45. The summed E-state index contributed by atoms with van der Waals surface area (Å²) in [6.45, 7) is 8.38. The number of hydrogen-bond acceptors (Lipinski definition) is 6. The lowest BCUT2D eigenvalue weighted by molar-refractivity contribution is -0.129. The number of nitrogens with two attached hydrogens (primary N) is 1. The summed E-state index contributed by atoms with van der Waals surface area (Å²) >= 11 is 0. The van der Waals surface area contributed by atoms with Crippen LogP contribution in [0.4, 0.5) is 11.6 Å². The van der Waals surface area contributed by atoms with Crippen molar-refractivity contribution in [1.29, 1.82) is 0 Å². The van der Waals surface area contributed by atoms with Crippen molar-refractivity contribution < 1.29 is 9.53 Å². The quantitative estimate of drug-likeness (QED) is 0.767. The minimum atomic E-state index is 0.0611. The van der Waals surface area contributed by atoms with Crippen molar-refractivity contribution in [2.45, 2.75) is 27.4 Å². The molecule has 0 saturated carbocycles. The van der Waals surface area contributed by atoms with Gasteiger partial charge < -0.3 is 20.3 Å². The number of likely N-dealkylation sites (N-methyl/N-ethyl adjacent to an activating group) is 2. The van der Waals surface area contributed by atoms with Crippen LogP contribution in [-0.4, -0.2) is 54.1 Å². The second-order valence-corrected chi connectivity index (χ2v) is 4.63. The Morgan fingerprint density at radius 1 is 1.29 bits per heavy atom. The zero-order valence-electron chi connectivity index (χ0n) is 13.3. The number of ether oxygens (including phenoxy) is 1. The summed E-state index contributed by atoms with van der Waals surface area (Å²) in [5.74, 6) is 1.58. The molecule has 7 heteroatoms. The van der Waals surface area contributed by atoms with E-state index < -0.39 is 0 Å². The molecule has 1 rings (SSSR count). The molecule has 0 unspecified atom stereocenters. The van der Waals surface area contributed by atoms with Crippen molar-refractivity contribution in [3.8, 4) is 0 Å². The first kappa shape index (κ1) is 17.2. The summed E-state index contributed by atoms with van der Waals surface area (Å²) in [5, 5.41) is 0. The van der Waals surface area contributed by atoms with E-state index in [0.717, 1.165) is 0 Å². The van der Waals surface area contributed by atoms with Gasteiger partial charge in [-0.25, -0.2) is 9.97 Å². The third kappa shape index (κ3) is 5.18.